The van der Waals surface area contributed by atoms with Crippen LogP contribution in [0.1, 0.15) is 39.2 Å². The number of aryl methyl sites for hydroxylation is 1. The monoisotopic (exact) mass is 233 g/mol. The third-order valence-electron chi connectivity index (χ3n) is 3.60. The Labute approximate surface area is 107 Å². The van der Waals surface area contributed by atoms with E-state index in [-0.39, 0.29) is 0 Å². The maximum atomic E-state index is 3.51. The number of nitrogens with one attached hydrogen (secondary N) is 1. The van der Waals surface area contributed by atoms with Gasteiger partial charge in [0.25, 0.3) is 0 Å². The zero-order valence-electron chi connectivity index (χ0n) is 11.6. The molecule has 2 unspecified atom stereocenters. The van der Waals surface area contributed by atoms with E-state index < -0.39 is 0 Å². The second-order valence-corrected chi connectivity index (χ2v) is 5.18. The van der Waals surface area contributed by atoms with Gasteiger partial charge in [-0.2, -0.15) is 0 Å². The highest BCUT2D eigenvalue weighted by atomic mass is 14.8. The number of rotatable bonds is 8. The molecule has 0 aliphatic carbocycles. The minimum absolute atomic E-state index is 0.769. The zero-order chi connectivity index (χ0) is 12.5. The van der Waals surface area contributed by atoms with Crippen molar-refractivity contribution in [1.29, 1.82) is 0 Å². The van der Waals surface area contributed by atoms with Gasteiger partial charge in [-0.25, -0.2) is 0 Å². The van der Waals surface area contributed by atoms with Crippen molar-refractivity contribution >= 4 is 0 Å². The highest BCUT2D eigenvalue weighted by Crippen LogP contribution is 2.17. The Morgan fingerprint density at radius 1 is 1.06 bits per heavy atom. The molecule has 17 heavy (non-hydrogen) atoms. The normalized spacial score (nSPS) is 14.5. The summed E-state index contributed by atoms with van der Waals surface area (Å²) in [5.41, 5.74) is 1.47. The first-order chi connectivity index (χ1) is 8.24. The van der Waals surface area contributed by atoms with Gasteiger partial charge >= 0.3 is 0 Å². The third kappa shape index (κ3) is 5.88. The first kappa shape index (κ1) is 14.2. The van der Waals surface area contributed by atoms with Gasteiger partial charge < -0.3 is 5.32 Å². The largest absolute Gasteiger partial charge is 0.316 e. The molecule has 0 aliphatic heterocycles. The summed E-state index contributed by atoms with van der Waals surface area (Å²) in [6.07, 6.45) is 3.73. The Balaban J connectivity index is 2.22. The minimum atomic E-state index is 0.769. The zero-order valence-corrected chi connectivity index (χ0v) is 11.6. The van der Waals surface area contributed by atoms with E-state index in [1.165, 1.54) is 24.8 Å². The Morgan fingerprint density at radius 2 is 1.76 bits per heavy atom. The number of hydrogen-bond donors (Lipinski definition) is 1. The van der Waals surface area contributed by atoms with Gasteiger partial charge in [0.05, 0.1) is 0 Å². The molecule has 0 fully saturated rings. The molecule has 1 nitrogen and oxygen atoms in total. The van der Waals surface area contributed by atoms with Crippen LogP contribution in [-0.4, -0.2) is 13.1 Å². The fourth-order valence-electron chi connectivity index (χ4n) is 2.03. The van der Waals surface area contributed by atoms with Crippen LogP contribution < -0.4 is 5.32 Å². The van der Waals surface area contributed by atoms with Crippen molar-refractivity contribution in [2.75, 3.05) is 13.1 Å². The van der Waals surface area contributed by atoms with Gasteiger partial charge in [0.1, 0.15) is 0 Å². The summed E-state index contributed by atoms with van der Waals surface area (Å²) in [6.45, 7) is 9.26. The van der Waals surface area contributed by atoms with Gasteiger partial charge in [-0.15, -0.1) is 0 Å². The lowest BCUT2D eigenvalue weighted by Gasteiger charge is -2.20. The van der Waals surface area contributed by atoms with Crippen LogP contribution in [0.15, 0.2) is 30.3 Å². The summed E-state index contributed by atoms with van der Waals surface area (Å²) >= 11 is 0. The van der Waals surface area contributed by atoms with E-state index in [9.17, 15) is 0 Å². The van der Waals surface area contributed by atoms with E-state index in [4.69, 9.17) is 0 Å². The number of hydrogen-bond acceptors (Lipinski definition) is 1. The lowest BCUT2D eigenvalue weighted by molar-refractivity contribution is 0.348. The molecular formula is C16H27N. The van der Waals surface area contributed by atoms with Crippen molar-refractivity contribution in [3.63, 3.8) is 0 Å². The first-order valence-electron chi connectivity index (χ1n) is 6.98. The van der Waals surface area contributed by atoms with E-state index in [0.717, 1.165) is 24.9 Å². The van der Waals surface area contributed by atoms with Crippen molar-refractivity contribution < 1.29 is 0 Å². The van der Waals surface area contributed by atoms with Gasteiger partial charge in [-0.05, 0) is 49.8 Å². The van der Waals surface area contributed by atoms with Crippen LogP contribution in [0.5, 0.6) is 0 Å². The Kier molecular flexibility index (Phi) is 6.95. The SMILES string of the molecule is CCCNCC(C)C(C)CCc1ccccc1. The van der Waals surface area contributed by atoms with Crippen LogP contribution in [0.25, 0.3) is 0 Å². The third-order valence-corrected chi connectivity index (χ3v) is 3.60. The average Bonchev–Trinajstić information content (AvgIpc) is 2.37. The van der Waals surface area contributed by atoms with Gasteiger partial charge in [-0.1, -0.05) is 51.1 Å². The lowest BCUT2D eigenvalue weighted by Crippen LogP contribution is -2.26. The standard InChI is InChI=1S/C16H27N/c1-4-12-17-13-15(3)14(2)10-11-16-8-6-5-7-9-16/h5-9,14-15,17H,4,10-13H2,1-3H3. The minimum Gasteiger partial charge on any atom is -0.316 e. The van der Waals surface area contributed by atoms with E-state index in [2.05, 4.69) is 56.4 Å². The molecule has 0 spiro atoms. The lowest BCUT2D eigenvalue weighted by atomic mass is 9.90. The van der Waals surface area contributed by atoms with Gasteiger partial charge in [0, 0.05) is 0 Å². The van der Waals surface area contributed by atoms with E-state index >= 15 is 0 Å². The molecule has 0 aromatic heterocycles. The molecule has 1 N–H and O–H groups in total. The topological polar surface area (TPSA) is 12.0 Å². The molecule has 2 atom stereocenters. The van der Waals surface area contributed by atoms with E-state index in [1.54, 1.807) is 0 Å². The van der Waals surface area contributed by atoms with Crippen molar-refractivity contribution in [3.05, 3.63) is 35.9 Å². The molecule has 0 amide bonds. The molecular weight excluding hydrogens is 206 g/mol. The van der Waals surface area contributed by atoms with Crippen LogP contribution in [0, 0.1) is 11.8 Å². The quantitative estimate of drug-likeness (QED) is 0.672. The van der Waals surface area contributed by atoms with Crippen LogP contribution in [0.2, 0.25) is 0 Å². The summed E-state index contributed by atoms with van der Waals surface area (Å²) in [7, 11) is 0. The second-order valence-electron chi connectivity index (χ2n) is 5.18. The molecule has 0 saturated heterocycles. The van der Waals surface area contributed by atoms with Crippen LogP contribution in [-0.2, 0) is 6.42 Å². The highest BCUT2D eigenvalue weighted by Gasteiger charge is 2.11. The van der Waals surface area contributed by atoms with Gasteiger partial charge in [-0.3, -0.25) is 0 Å². The number of benzene rings is 1. The van der Waals surface area contributed by atoms with Crippen LogP contribution in [0.3, 0.4) is 0 Å². The second kappa shape index (κ2) is 8.30. The van der Waals surface area contributed by atoms with Gasteiger partial charge in [0.15, 0.2) is 0 Å². The Morgan fingerprint density at radius 3 is 2.41 bits per heavy atom. The van der Waals surface area contributed by atoms with E-state index in [1.807, 2.05) is 0 Å². The molecule has 0 bridgehead atoms. The molecule has 0 radical (unpaired) electrons. The van der Waals surface area contributed by atoms with Gasteiger partial charge in [0.2, 0.25) is 0 Å². The first-order valence-corrected chi connectivity index (χ1v) is 6.98. The van der Waals surface area contributed by atoms with Crippen molar-refractivity contribution in [2.45, 2.75) is 40.0 Å². The Hall–Kier alpha value is -0.820. The predicted molar refractivity (Wildman–Crippen MR) is 76.3 cm³/mol. The molecule has 1 aromatic rings. The van der Waals surface area contributed by atoms with E-state index in [0.29, 0.717) is 0 Å². The summed E-state index contributed by atoms with van der Waals surface area (Å²) in [5.74, 6) is 1.56. The van der Waals surface area contributed by atoms with Crippen LogP contribution >= 0.6 is 0 Å². The Bertz CT molecular complexity index is 281. The maximum absolute atomic E-state index is 3.51. The molecule has 0 heterocycles. The smallest absolute Gasteiger partial charge is 0.00206 e. The average molecular weight is 233 g/mol. The van der Waals surface area contributed by atoms with Crippen LogP contribution in [0.4, 0.5) is 0 Å². The highest BCUT2D eigenvalue weighted by molar-refractivity contribution is 5.14. The molecule has 1 aromatic carbocycles. The maximum Gasteiger partial charge on any atom is -0.00206 e. The molecule has 0 saturated carbocycles. The summed E-state index contributed by atoms with van der Waals surface area (Å²) < 4.78 is 0. The van der Waals surface area contributed by atoms with Crippen molar-refractivity contribution in [1.82, 2.24) is 5.32 Å². The fraction of sp³-hybridized carbons (Fsp3) is 0.625. The summed E-state index contributed by atoms with van der Waals surface area (Å²) in [6, 6.07) is 10.8. The fourth-order valence-corrected chi connectivity index (χ4v) is 2.03. The van der Waals surface area contributed by atoms with Crippen molar-refractivity contribution in [2.24, 2.45) is 11.8 Å². The summed E-state index contributed by atoms with van der Waals surface area (Å²) in [5, 5.41) is 3.51. The summed E-state index contributed by atoms with van der Waals surface area (Å²) in [4.78, 5) is 0. The molecule has 1 rings (SSSR count). The predicted octanol–water partition coefficient (Wildman–Crippen LogP) is 3.89. The van der Waals surface area contributed by atoms with Crippen molar-refractivity contribution in [3.8, 4) is 0 Å². The molecule has 0 aliphatic rings. The molecule has 96 valence electrons. The molecule has 1 heteroatoms.